The van der Waals surface area contributed by atoms with Crippen molar-refractivity contribution in [1.82, 2.24) is 15.5 Å². The lowest BCUT2D eigenvalue weighted by atomic mass is 10.1. The summed E-state index contributed by atoms with van der Waals surface area (Å²) in [5.41, 5.74) is -0.110. The molecule has 1 heterocycles. The number of halogens is 2. The van der Waals surface area contributed by atoms with E-state index in [4.69, 9.17) is 4.52 Å². The number of hydrogen-bond donors (Lipinski definition) is 1. The van der Waals surface area contributed by atoms with Gasteiger partial charge in [-0.25, -0.2) is 8.78 Å². The highest BCUT2D eigenvalue weighted by Crippen LogP contribution is 2.19. The molecule has 4 nitrogen and oxygen atoms in total. The Bertz CT molecular complexity index is 596. The van der Waals surface area contributed by atoms with Gasteiger partial charge in [0.25, 0.3) is 0 Å². The molecule has 0 atom stereocenters. The molecule has 0 saturated carbocycles. The molecule has 20 heavy (non-hydrogen) atoms. The van der Waals surface area contributed by atoms with Crippen molar-refractivity contribution in [2.75, 3.05) is 6.54 Å². The molecule has 0 fully saturated rings. The Hall–Kier alpha value is -1.82. The maximum atomic E-state index is 13.6. The van der Waals surface area contributed by atoms with E-state index in [0.717, 1.165) is 12.6 Å². The lowest BCUT2D eigenvalue weighted by molar-refractivity contribution is 0.271. The number of hydrogen-bond acceptors (Lipinski definition) is 4. The fraction of sp³-hybridized carbons (Fsp3) is 0.429. The average Bonchev–Trinajstić information content (AvgIpc) is 2.82. The van der Waals surface area contributed by atoms with E-state index in [9.17, 15) is 8.78 Å². The zero-order valence-corrected chi connectivity index (χ0v) is 11.7. The molecular formula is C14H17F2N3O. The summed E-state index contributed by atoms with van der Waals surface area (Å²) in [4.78, 5) is 4.26. The van der Waals surface area contributed by atoms with E-state index >= 15 is 0 Å². The molecule has 108 valence electrons. The van der Waals surface area contributed by atoms with E-state index in [1.807, 2.05) is 20.8 Å². The van der Waals surface area contributed by atoms with E-state index in [1.54, 1.807) is 0 Å². The number of nitrogens with one attached hydrogen (secondary N) is 1. The molecule has 0 radical (unpaired) electrons. The topological polar surface area (TPSA) is 51.0 Å². The second kappa shape index (κ2) is 5.66. The van der Waals surface area contributed by atoms with Gasteiger partial charge in [0, 0.05) is 12.5 Å². The average molecular weight is 281 g/mol. The first kappa shape index (κ1) is 14.6. The molecule has 1 aromatic heterocycles. The van der Waals surface area contributed by atoms with Crippen LogP contribution in [-0.2, 0) is 12.0 Å². The first-order valence-electron chi connectivity index (χ1n) is 6.44. The zero-order valence-electron chi connectivity index (χ0n) is 11.7. The van der Waals surface area contributed by atoms with Gasteiger partial charge in [0.1, 0.15) is 11.6 Å². The molecule has 0 aliphatic rings. The van der Waals surface area contributed by atoms with Crippen molar-refractivity contribution in [1.29, 1.82) is 0 Å². The van der Waals surface area contributed by atoms with Crippen LogP contribution in [0.3, 0.4) is 0 Å². The third kappa shape index (κ3) is 3.19. The molecule has 0 saturated heterocycles. The van der Waals surface area contributed by atoms with Crippen LogP contribution in [0.25, 0.3) is 0 Å². The van der Waals surface area contributed by atoms with Gasteiger partial charge in [-0.15, -0.1) is 0 Å². The fourth-order valence-electron chi connectivity index (χ4n) is 1.93. The Labute approximate surface area is 116 Å². The van der Waals surface area contributed by atoms with Crippen molar-refractivity contribution < 1.29 is 13.3 Å². The minimum Gasteiger partial charge on any atom is -0.337 e. The second-order valence-electron chi connectivity index (χ2n) is 5.08. The Morgan fingerprint density at radius 2 is 2.05 bits per heavy atom. The Kier molecular flexibility index (Phi) is 4.13. The molecular weight excluding hydrogens is 264 g/mol. The van der Waals surface area contributed by atoms with Crippen molar-refractivity contribution in [3.05, 3.63) is 47.1 Å². The number of nitrogens with zero attached hydrogens (tertiary/aromatic N) is 2. The van der Waals surface area contributed by atoms with Crippen LogP contribution >= 0.6 is 0 Å². The van der Waals surface area contributed by atoms with E-state index in [2.05, 4.69) is 15.5 Å². The molecule has 2 aromatic rings. The third-order valence-electron chi connectivity index (χ3n) is 2.99. The first-order valence-corrected chi connectivity index (χ1v) is 6.44. The highest BCUT2D eigenvalue weighted by molar-refractivity contribution is 5.21. The van der Waals surface area contributed by atoms with Crippen molar-refractivity contribution in [2.45, 2.75) is 32.7 Å². The van der Waals surface area contributed by atoms with Crippen LogP contribution < -0.4 is 5.32 Å². The van der Waals surface area contributed by atoms with Gasteiger partial charge in [-0.3, -0.25) is 0 Å². The third-order valence-corrected chi connectivity index (χ3v) is 2.99. The Balaban J connectivity index is 2.17. The van der Waals surface area contributed by atoms with Crippen LogP contribution in [0.2, 0.25) is 0 Å². The van der Waals surface area contributed by atoms with E-state index in [1.165, 1.54) is 12.1 Å². The summed E-state index contributed by atoms with van der Waals surface area (Å²) in [5.74, 6) is -0.399. The molecule has 0 amide bonds. The normalized spacial score (nSPS) is 11.8. The van der Waals surface area contributed by atoms with Crippen LogP contribution in [0.1, 0.15) is 38.0 Å². The van der Waals surface area contributed by atoms with Crippen molar-refractivity contribution in [2.24, 2.45) is 0 Å². The van der Waals surface area contributed by atoms with Crippen molar-refractivity contribution in [3.8, 4) is 0 Å². The molecule has 1 aromatic carbocycles. The SMILES string of the molecule is CCNC(C)(C)c1nc(Cc2ccc(F)cc2F)no1. The van der Waals surface area contributed by atoms with Crippen LogP contribution in [-0.4, -0.2) is 16.7 Å². The maximum Gasteiger partial charge on any atom is 0.246 e. The largest absolute Gasteiger partial charge is 0.337 e. The first-order chi connectivity index (χ1) is 9.42. The number of aromatic nitrogens is 2. The Morgan fingerprint density at radius 1 is 1.30 bits per heavy atom. The summed E-state index contributed by atoms with van der Waals surface area (Å²) in [6, 6.07) is 3.44. The van der Waals surface area contributed by atoms with Gasteiger partial charge < -0.3 is 9.84 Å². The zero-order chi connectivity index (χ0) is 14.8. The molecule has 6 heteroatoms. The molecule has 0 aliphatic carbocycles. The summed E-state index contributed by atoms with van der Waals surface area (Å²) >= 11 is 0. The highest BCUT2D eigenvalue weighted by atomic mass is 19.1. The quantitative estimate of drug-likeness (QED) is 0.915. The predicted octanol–water partition coefficient (Wildman–Crippen LogP) is 2.78. The molecule has 0 bridgehead atoms. The summed E-state index contributed by atoms with van der Waals surface area (Å²) in [6.45, 7) is 6.59. The van der Waals surface area contributed by atoms with Gasteiger partial charge in [0.15, 0.2) is 5.82 Å². The van der Waals surface area contributed by atoms with E-state index in [0.29, 0.717) is 17.3 Å². The van der Waals surface area contributed by atoms with Gasteiger partial charge in [-0.05, 0) is 32.0 Å². The summed E-state index contributed by atoms with van der Waals surface area (Å²) in [7, 11) is 0. The van der Waals surface area contributed by atoms with Gasteiger partial charge in [-0.1, -0.05) is 18.1 Å². The van der Waals surface area contributed by atoms with Gasteiger partial charge >= 0.3 is 0 Å². The highest BCUT2D eigenvalue weighted by Gasteiger charge is 2.26. The molecule has 0 spiro atoms. The minimum absolute atomic E-state index is 0.165. The number of benzene rings is 1. The monoisotopic (exact) mass is 281 g/mol. The molecule has 0 aliphatic heterocycles. The maximum absolute atomic E-state index is 13.6. The van der Waals surface area contributed by atoms with E-state index in [-0.39, 0.29) is 6.42 Å². The van der Waals surface area contributed by atoms with Crippen molar-refractivity contribution >= 4 is 0 Å². The molecule has 0 unspecified atom stereocenters. The van der Waals surface area contributed by atoms with Crippen LogP contribution in [0.15, 0.2) is 22.7 Å². The van der Waals surface area contributed by atoms with Crippen LogP contribution in [0, 0.1) is 11.6 Å². The van der Waals surface area contributed by atoms with E-state index < -0.39 is 17.2 Å². The Morgan fingerprint density at radius 3 is 2.70 bits per heavy atom. The number of rotatable bonds is 5. The summed E-state index contributed by atoms with van der Waals surface area (Å²) < 4.78 is 31.6. The lowest BCUT2D eigenvalue weighted by Crippen LogP contribution is -2.36. The van der Waals surface area contributed by atoms with Crippen LogP contribution in [0.4, 0.5) is 8.78 Å². The summed E-state index contributed by atoms with van der Waals surface area (Å²) in [6.07, 6.45) is 0.165. The standard InChI is InChI=1S/C14H17F2N3O/c1-4-17-14(2,3)13-18-12(19-20-13)7-9-5-6-10(15)8-11(9)16/h5-6,8,17H,4,7H2,1-3H3. The molecule has 1 N–H and O–H groups in total. The molecule has 2 rings (SSSR count). The van der Waals surface area contributed by atoms with Gasteiger partial charge in [-0.2, -0.15) is 4.98 Å². The lowest BCUT2D eigenvalue weighted by Gasteiger charge is -2.20. The smallest absolute Gasteiger partial charge is 0.246 e. The van der Waals surface area contributed by atoms with Gasteiger partial charge in [0.2, 0.25) is 5.89 Å². The minimum atomic E-state index is -0.609. The van der Waals surface area contributed by atoms with Crippen molar-refractivity contribution in [3.63, 3.8) is 0 Å². The fourth-order valence-corrected chi connectivity index (χ4v) is 1.93. The van der Waals surface area contributed by atoms with Gasteiger partial charge in [0.05, 0.1) is 5.54 Å². The second-order valence-corrected chi connectivity index (χ2v) is 5.08. The predicted molar refractivity (Wildman–Crippen MR) is 70.2 cm³/mol. The summed E-state index contributed by atoms with van der Waals surface area (Å²) in [5, 5.41) is 7.05. The van der Waals surface area contributed by atoms with Crippen LogP contribution in [0.5, 0.6) is 0 Å².